The highest BCUT2D eigenvalue weighted by Gasteiger charge is 2.26. The minimum Gasteiger partial charge on any atom is -0.345 e. The molecular formula is C10H16N2O2. The summed E-state index contributed by atoms with van der Waals surface area (Å²) in [6, 6.07) is 0.490. The van der Waals surface area contributed by atoms with Crippen LogP contribution in [-0.2, 0) is 9.59 Å². The van der Waals surface area contributed by atoms with E-state index in [1.807, 2.05) is 0 Å². The van der Waals surface area contributed by atoms with Gasteiger partial charge < -0.3 is 10.6 Å². The van der Waals surface area contributed by atoms with Crippen LogP contribution in [0.2, 0.25) is 0 Å². The van der Waals surface area contributed by atoms with Gasteiger partial charge in [0.1, 0.15) is 0 Å². The zero-order valence-electron chi connectivity index (χ0n) is 8.21. The van der Waals surface area contributed by atoms with E-state index >= 15 is 0 Å². The highest BCUT2D eigenvalue weighted by atomic mass is 16.2. The fraction of sp³-hybridized carbons (Fsp3) is 0.800. The Morgan fingerprint density at radius 2 is 1.14 bits per heavy atom. The lowest BCUT2D eigenvalue weighted by atomic mass is 9.92. The normalized spacial score (nSPS) is 22.0. The van der Waals surface area contributed by atoms with Crippen molar-refractivity contribution in [2.45, 2.75) is 50.6 Å². The second kappa shape index (κ2) is 3.98. The zero-order chi connectivity index (χ0) is 9.97. The number of hydrogen-bond donors (Lipinski definition) is 2. The Balaban J connectivity index is 1.69. The zero-order valence-corrected chi connectivity index (χ0v) is 8.21. The van der Waals surface area contributed by atoms with Crippen LogP contribution in [0.15, 0.2) is 0 Å². The second-order valence-electron chi connectivity index (χ2n) is 4.20. The quantitative estimate of drug-likeness (QED) is 0.625. The molecule has 0 spiro atoms. The lowest BCUT2D eigenvalue weighted by Crippen LogP contribution is -2.50. The molecule has 2 aliphatic carbocycles. The summed E-state index contributed by atoms with van der Waals surface area (Å²) in [5.41, 5.74) is 0. The van der Waals surface area contributed by atoms with Crippen molar-refractivity contribution in [3.8, 4) is 0 Å². The second-order valence-corrected chi connectivity index (χ2v) is 4.20. The van der Waals surface area contributed by atoms with Gasteiger partial charge in [0, 0.05) is 12.1 Å². The summed E-state index contributed by atoms with van der Waals surface area (Å²) in [7, 11) is 0. The van der Waals surface area contributed by atoms with Crippen LogP contribution < -0.4 is 10.6 Å². The molecular weight excluding hydrogens is 180 g/mol. The van der Waals surface area contributed by atoms with Crippen molar-refractivity contribution in [2.75, 3.05) is 0 Å². The first kappa shape index (κ1) is 9.49. The van der Waals surface area contributed by atoms with Crippen molar-refractivity contribution in [3.05, 3.63) is 0 Å². The van der Waals surface area contributed by atoms with E-state index in [4.69, 9.17) is 0 Å². The van der Waals surface area contributed by atoms with E-state index < -0.39 is 11.8 Å². The molecule has 2 fully saturated rings. The van der Waals surface area contributed by atoms with Crippen molar-refractivity contribution in [1.29, 1.82) is 0 Å². The maximum atomic E-state index is 11.3. The molecule has 78 valence electrons. The van der Waals surface area contributed by atoms with Crippen LogP contribution in [0, 0.1) is 0 Å². The third-order valence-corrected chi connectivity index (χ3v) is 3.09. The van der Waals surface area contributed by atoms with Crippen LogP contribution in [0.25, 0.3) is 0 Å². The van der Waals surface area contributed by atoms with Gasteiger partial charge in [-0.15, -0.1) is 0 Å². The summed E-state index contributed by atoms with van der Waals surface area (Å²) in [6.07, 6.45) is 6.39. The first-order valence-electron chi connectivity index (χ1n) is 5.37. The topological polar surface area (TPSA) is 58.2 Å². The number of carbonyl (C=O) groups excluding carboxylic acids is 2. The summed E-state index contributed by atoms with van der Waals surface area (Å²) in [5, 5.41) is 5.44. The molecule has 0 bridgehead atoms. The number of hydrogen-bond acceptors (Lipinski definition) is 2. The molecule has 0 aromatic heterocycles. The summed E-state index contributed by atoms with van der Waals surface area (Å²) in [5.74, 6) is -0.914. The molecule has 2 saturated carbocycles. The van der Waals surface area contributed by atoms with Gasteiger partial charge in [-0.2, -0.15) is 0 Å². The summed E-state index contributed by atoms with van der Waals surface area (Å²) in [6.45, 7) is 0. The van der Waals surface area contributed by atoms with Gasteiger partial charge in [0.25, 0.3) is 0 Å². The van der Waals surface area contributed by atoms with Crippen LogP contribution in [0.1, 0.15) is 38.5 Å². The van der Waals surface area contributed by atoms with Gasteiger partial charge in [-0.05, 0) is 38.5 Å². The third-order valence-electron chi connectivity index (χ3n) is 3.09. The van der Waals surface area contributed by atoms with Crippen LogP contribution in [-0.4, -0.2) is 23.9 Å². The minimum atomic E-state index is -0.457. The predicted molar refractivity (Wildman–Crippen MR) is 51.6 cm³/mol. The van der Waals surface area contributed by atoms with E-state index in [2.05, 4.69) is 10.6 Å². The monoisotopic (exact) mass is 196 g/mol. The Morgan fingerprint density at radius 1 is 0.786 bits per heavy atom. The van der Waals surface area contributed by atoms with Gasteiger partial charge in [0.05, 0.1) is 0 Å². The molecule has 0 radical (unpaired) electrons. The first-order chi connectivity index (χ1) is 6.75. The van der Waals surface area contributed by atoms with Crippen molar-refractivity contribution in [2.24, 2.45) is 0 Å². The molecule has 0 aliphatic heterocycles. The van der Waals surface area contributed by atoms with E-state index in [1.165, 1.54) is 0 Å². The van der Waals surface area contributed by atoms with Gasteiger partial charge in [0.15, 0.2) is 0 Å². The Kier molecular flexibility index (Phi) is 2.70. The van der Waals surface area contributed by atoms with Crippen molar-refractivity contribution >= 4 is 11.8 Å². The SMILES string of the molecule is O=C(NC1CCC1)C(=O)NC1CCC1. The fourth-order valence-corrected chi connectivity index (χ4v) is 1.61. The summed E-state index contributed by atoms with van der Waals surface area (Å²) >= 11 is 0. The average molecular weight is 196 g/mol. The van der Waals surface area contributed by atoms with Gasteiger partial charge in [0.2, 0.25) is 0 Å². The standard InChI is InChI=1S/C10H16N2O2/c13-9(11-7-3-1-4-7)10(14)12-8-5-2-6-8/h7-8H,1-6H2,(H,11,13)(H,12,14). The molecule has 2 rings (SSSR count). The molecule has 0 atom stereocenters. The third kappa shape index (κ3) is 2.05. The first-order valence-corrected chi connectivity index (χ1v) is 5.37. The van der Waals surface area contributed by atoms with Crippen LogP contribution in [0.3, 0.4) is 0 Å². The summed E-state index contributed by atoms with van der Waals surface area (Å²) < 4.78 is 0. The van der Waals surface area contributed by atoms with Gasteiger partial charge in [-0.3, -0.25) is 9.59 Å². The van der Waals surface area contributed by atoms with Crippen molar-refractivity contribution in [3.63, 3.8) is 0 Å². The Hall–Kier alpha value is -1.06. The molecule has 2 aliphatic rings. The fourth-order valence-electron chi connectivity index (χ4n) is 1.61. The molecule has 0 heterocycles. The maximum Gasteiger partial charge on any atom is 0.309 e. The average Bonchev–Trinajstić information content (AvgIpc) is 2.03. The largest absolute Gasteiger partial charge is 0.345 e. The number of nitrogens with one attached hydrogen (secondary N) is 2. The van der Waals surface area contributed by atoms with Crippen molar-refractivity contribution in [1.82, 2.24) is 10.6 Å². The number of amides is 2. The highest BCUT2D eigenvalue weighted by Crippen LogP contribution is 2.19. The van der Waals surface area contributed by atoms with Crippen LogP contribution >= 0.6 is 0 Å². The van der Waals surface area contributed by atoms with E-state index in [-0.39, 0.29) is 12.1 Å². The molecule has 0 saturated heterocycles. The Morgan fingerprint density at radius 3 is 1.36 bits per heavy atom. The smallest absolute Gasteiger partial charge is 0.309 e. The van der Waals surface area contributed by atoms with Crippen LogP contribution in [0.4, 0.5) is 0 Å². The lowest BCUT2D eigenvalue weighted by molar-refractivity contribution is -0.140. The molecule has 14 heavy (non-hydrogen) atoms. The number of carbonyl (C=O) groups is 2. The maximum absolute atomic E-state index is 11.3. The van der Waals surface area contributed by atoms with Gasteiger partial charge >= 0.3 is 11.8 Å². The number of rotatable bonds is 2. The molecule has 0 aromatic carbocycles. The molecule has 2 N–H and O–H groups in total. The summed E-state index contributed by atoms with van der Waals surface area (Å²) in [4.78, 5) is 22.6. The lowest BCUT2D eigenvalue weighted by Gasteiger charge is -2.28. The van der Waals surface area contributed by atoms with Crippen LogP contribution in [0.5, 0.6) is 0 Å². The molecule has 4 heteroatoms. The van der Waals surface area contributed by atoms with E-state index in [9.17, 15) is 9.59 Å². The highest BCUT2D eigenvalue weighted by molar-refractivity contribution is 6.35. The molecule has 4 nitrogen and oxygen atoms in total. The Bertz CT molecular complexity index is 219. The Labute approximate surface area is 83.4 Å². The van der Waals surface area contributed by atoms with Crippen molar-refractivity contribution < 1.29 is 9.59 Å². The minimum absolute atomic E-state index is 0.245. The predicted octanol–water partition coefficient (Wildman–Crippen LogP) is 0.324. The molecule has 2 amide bonds. The van der Waals surface area contributed by atoms with E-state index in [1.54, 1.807) is 0 Å². The molecule has 0 aromatic rings. The molecule has 0 unspecified atom stereocenters. The van der Waals surface area contributed by atoms with E-state index in [0.717, 1.165) is 38.5 Å². The van der Waals surface area contributed by atoms with Gasteiger partial charge in [-0.1, -0.05) is 0 Å². The van der Waals surface area contributed by atoms with E-state index in [0.29, 0.717) is 0 Å². The van der Waals surface area contributed by atoms with Gasteiger partial charge in [-0.25, -0.2) is 0 Å².